The lowest BCUT2D eigenvalue weighted by Crippen LogP contribution is -2.55. The third-order valence-corrected chi connectivity index (χ3v) is 5.16. The van der Waals surface area contributed by atoms with Crippen LogP contribution < -0.4 is 0 Å². The minimum atomic E-state index is -1.03. The molecule has 0 radical (unpaired) electrons. The minimum Gasteiger partial charge on any atom is -0.340 e. The van der Waals surface area contributed by atoms with Crippen LogP contribution in [0.5, 0.6) is 0 Å². The van der Waals surface area contributed by atoms with E-state index >= 15 is 0 Å². The molecule has 0 fully saturated rings. The zero-order valence-corrected chi connectivity index (χ0v) is 15.5. The van der Waals surface area contributed by atoms with Crippen molar-refractivity contribution < 1.29 is 19.2 Å². The third kappa shape index (κ3) is 2.52. The predicted molar refractivity (Wildman–Crippen MR) is 98.3 cm³/mol. The average molecular weight is 354 g/mol. The highest BCUT2D eigenvalue weighted by Gasteiger charge is 2.61. The molecule has 2 aliphatic heterocycles. The minimum absolute atomic E-state index is 0.603. The van der Waals surface area contributed by atoms with E-state index in [4.69, 9.17) is 19.2 Å². The number of hydrogen-bond donors (Lipinski definition) is 0. The van der Waals surface area contributed by atoms with Crippen LogP contribution in [0.4, 0.5) is 0 Å². The molecule has 0 saturated heterocycles. The van der Waals surface area contributed by atoms with Crippen LogP contribution in [0.25, 0.3) is 0 Å². The van der Waals surface area contributed by atoms with E-state index in [0.29, 0.717) is 13.2 Å². The first-order valence-corrected chi connectivity index (χ1v) is 9.63. The fourth-order valence-corrected chi connectivity index (χ4v) is 3.78. The van der Waals surface area contributed by atoms with E-state index in [9.17, 15) is 0 Å². The van der Waals surface area contributed by atoms with Crippen molar-refractivity contribution in [3.63, 3.8) is 0 Å². The Kier molecular flexibility index (Phi) is 4.84. The lowest BCUT2D eigenvalue weighted by atomic mass is 9.76. The number of ether oxygens (including phenoxy) is 2. The Morgan fingerprint density at radius 2 is 1.00 bits per heavy atom. The Balaban J connectivity index is 1.85. The number of rotatable bonds is 8. The molecule has 5 rings (SSSR count). The van der Waals surface area contributed by atoms with Crippen molar-refractivity contribution in [2.24, 2.45) is 0 Å². The van der Waals surface area contributed by atoms with Crippen LogP contribution in [0.1, 0.15) is 61.8 Å². The van der Waals surface area contributed by atoms with E-state index in [2.05, 4.69) is 38.1 Å². The highest BCUT2D eigenvalue weighted by Crippen LogP contribution is 2.57. The molecule has 1 aliphatic carbocycles. The normalized spacial score (nSPS) is 25.8. The molecule has 2 heterocycles. The van der Waals surface area contributed by atoms with Gasteiger partial charge in [-0.25, -0.2) is 0 Å². The molecule has 138 valence electrons. The summed E-state index contributed by atoms with van der Waals surface area (Å²) < 4.78 is 12.6. The second-order valence-corrected chi connectivity index (χ2v) is 6.90. The smallest absolute Gasteiger partial charge is 0.255 e. The van der Waals surface area contributed by atoms with Crippen LogP contribution in [0.15, 0.2) is 48.5 Å². The monoisotopic (exact) mass is 354 g/mol. The summed E-state index contributed by atoms with van der Waals surface area (Å²) in [5.74, 6) is -2.06. The maximum atomic E-state index is 6.32. The zero-order valence-electron chi connectivity index (χ0n) is 15.5. The van der Waals surface area contributed by atoms with Crippen LogP contribution in [-0.2, 0) is 30.8 Å². The maximum absolute atomic E-state index is 6.32. The Morgan fingerprint density at radius 3 is 1.31 bits per heavy atom. The van der Waals surface area contributed by atoms with Crippen molar-refractivity contribution in [1.29, 1.82) is 0 Å². The zero-order chi connectivity index (χ0) is 18.0. The van der Waals surface area contributed by atoms with E-state index in [1.807, 2.05) is 24.3 Å². The lowest BCUT2D eigenvalue weighted by Gasteiger charge is -2.51. The topological polar surface area (TPSA) is 36.9 Å². The van der Waals surface area contributed by atoms with Gasteiger partial charge in [-0.05, 0) is 12.8 Å². The van der Waals surface area contributed by atoms with Gasteiger partial charge in [-0.2, -0.15) is 9.78 Å². The van der Waals surface area contributed by atoms with Gasteiger partial charge < -0.3 is 9.47 Å². The van der Waals surface area contributed by atoms with Crippen molar-refractivity contribution in [3.8, 4) is 0 Å². The summed E-state index contributed by atoms with van der Waals surface area (Å²) in [4.78, 5) is 11.9. The second-order valence-electron chi connectivity index (χ2n) is 6.90. The molecular formula is C22H26O4. The van der Waals surface area contributed by atoms with E-state index < -0.39 is 11.6 Å². The molecule has 2 bridgehead atoms. The van der Waals surface area contributed by atoms with Crippen molar-refractivity contribution in [3.05, 3.63) is 70.8 Å². The molecular weight excluding hydrogens is 328 g/mol. The Hall–Kier alpha value is -1.72. The Labute approximate surface area is 155 Å². The van der Waals surface area contributed by atoms with Crippen LogP contribution in [0.3, 0.4) is 0 Å². The van der Waals surface area contributed by atoms with Gasteiger partial charge in [0.25, 0.3) is 11.6 Å². The largest absolute Gasteiger partial charge is 0.340 e. The van der Waals surface area contributed by atoms with Gasteiger partial charge in [-0.1, -0.05) is 75.2 Å². The van der Waals surface area contributed by atoms with Gasteiger partial charge in [0.05, 0.1) is 13.2 Å². The number of unbranched alkanes of at least 4 members (excludes halogenated alkanes) is 2. The first kappa shape index (κ1) is 17.7. The maximum Gasteiger partial charge on any atom is 0.255 e. The van der Waals surface area contributed by atoms with E-state index in [1.54, 1.807) is 0 Å². The Bertz CT molecular complexity index is 659. The van der Waals surface area contributed by atoms with Crippen molar-refractivity contribution in [2.75, 3.05) is 13.2 Å². The van der Waals surface area contributed by atoms with Crippen LogP contribution in [0.2, 0.25) is 0 Å². The summed E-state index contributed by atoms with van der Waals surface area (Å²) >= 11 is 0. The molecule has 26 heavy (non-hydrogen) atoms. The molecule has 0 N–H and O–H groups in total. The Morgan fingerprint density at radius 1 is 0.654 bits per heavy atom. The van der Waals surface area contributed by atoms with Gasteiger partial charge in [0.15, 0.2) is 0 Å². The summed E-state index contributed by atoms with van der Waals surface area (Å²) in [5, 5.41) is 0. The van der Waals surface area contributed by atoms with Crippen molar-refractivity contribution in [1.82, 2.24) is 0 Å². The first-order chi connectivity index (χ1) is 12.8. The van der Waals surface area contributed by atoms with Crippen LogP contribution >= 0.6 is 0 Å². The van der Waals surface area contributed by atoms with Crippen LogP contribution in [0, 0.1) is 0 Å². The molecule has 4 nitrogen and oxygen atoms in total. The van der Waals surface area contributed by atoms with Crippen molar-refractivity contribution in [2.45, 2.75) is 51.1 Å². The summed E-state index contributed by atoms with van der Waals surface area (Å²) in [6, 6.07) is 16.3. The fraction of sp³-hybridized carbons (Fsp3) is 0.455. The van der Waals surface area contributed by atoms with Gasteiger partial charge in [0.2, 0.25) is 0 Å². The highest BCUT2D eigenvalue weighted by atomic mass is 17.3. The predicted octanol–water partition coefficient (Wildman–Crippen LogP) is 5.00. The number of fused-ring (bicyclic) bond motifs is 1. The molecule has 0 atom stereocenters. The molecule has 0 unspecified atom stereocenters. The summed E-state index contributed by atoms with van der Waals surface area (Å²) in [6.45, 7) is 5.50. The number of benzene rings is 2. The van der Waals surface area contributed by atoms with E-state index in [1.165, 1.54) is 0 Å². The molecule has 4 heteroatoms. The molecule has 2 aromatic carbocycles. The number of hydrogen-bond acceptors (Lipinski definition) is 4. The summed E-state index contributed by atoms with van der Waals surface area (Å²) in [6.07, 6.45) is 4.05. The molecule has 3 aliphatic rings. The average Bonchev–Trinajstić information content (AvgIpc) is 2.70. The quantitative estimate of drug-likeness (QED) is 0.494. The van der Waals surface area contributed by atoms with E-state index in [-0.39, 0.29) is 0 Å². The fourth-order valence-electron chi connectivity index (χ4n) is 3.78. The molecule has 2 aromatic rings. The van der Waals surface area contributed by atoms with Gasteiger partial charge in [0.1, 0.15) is 0 Å². The SMILES string of the molecule is CCCCOC12OOC(OCCCC)(c3ccccc31)c1ccccc12. The van der Waals surface area contributed by atoms with Gasteiger partial charge in [-0.3, -0.25) is 0 Å². The van der Waals surface area contributed by atoms with Gasteiger partial charge >= 0.3 is 0 Å². The van der Waals surface area contributed by atoms with Gasteiger partial charge in [-0.15, -0.1) is 0 Å². The van der Waals surface area contributed by atoms with E-state index in [0.717, 1.165) is 47.9 Å². The first-order valence-electron chi connectivity index (χ1n) is 9.63. The lowest BCUT2D eigenvalue weighted by molar-refractivity contribution is -0.521. The summed E-state index contributed by atoms with van der Waals surface area (Å²) in [5.41, 5.74) is 3.88. The third-order valence-electron chi connectivity index (χ3n) is 5.16. The molecule has 0 spiro atoms. The summed E-state index contributed by atoms with van der Waals surface area (Å²) in [7, 11) is 0. The van der Waals surface area contributed by atoms with Crippen molar-refractivity contribution >= 4 is 0 Å². The highest BCUT2D eigenvalue weighted by molar-refractivity contribution is 5.55. The van der Waals surface area contributed by atoms with Gasteiger partial charge in [0, 0.05) is 22.3 Å². The second kappa shape index (κ2) is 7.12. The molecule has 0 aromatic heterocycles. The van der Waals surface area contributed by atoms with Crippen LogP contribution in [-0.4, -0.2) is 13.2 Å². The molecule has 0 saturated carbocycles. The standard InChI is InChI=1S/C22H26O4/c1-3-5-15-23-21-17-11-7-9-13-19(17)22(26-25-21,24-16-6-4-2)20-14-10-8-12-18(20)21/h7-14H,3-6,15-16H2,1-2H3. The molecule has 0 amide bonds.